The third-order valence-corrected chi connectivity index (χ3v) is 5.49. The Morgan fingerprint density at radius 3 is 2.70 bits per heavy atom. The molecular weight excluding hydrogens is 479 g/mol. The normalized spacial score (nSPS) is 11.4. The number of rotatable bonds is 9. The summed E-state index contributed by atoms with van der Waals surface area (Å²) in [5.74, 6) is 0. The maximum atomic E-state index is 13.3. The average molecular weight is 500 g/mol. The summed E-state index contributed by atoms with van der Waals surface area (Å²) < 4.78 is 45.1. The van der Waals surface area contributed by atoms with Gasteiger partial charge in [-0.15, -0.1) is 11.3 Å². The van der Waals surface area contributed by atoms with Crippen LogP contribution in [0.1, 0.15) is 12.0 Å². The first-order valence-corrected chi connectivity index (χ1v) is 11.2. The van der Waals surface area contributed by atoms with Crippen molar-refractivity contribution >= 4 is 39.8 Å². The van der Waals surface area contributed by atoms with Gasteiger partial charge in [-0.1, -0.05) is 29.8 Å². The van der Waals surface area contributed by atoms with Crippen LogP contribution in [0.5, 0.6) is 0 Å². The zero-order chi connectivity index (χ0) is 23.8. The van der Waals surface area contributed by atoms with Crippen LogP contribution in [0.15, 0.2) is 53.9 Å². The lowest BCUT2D eigenvalue weighted by atomic mass is 10.2. The molecule has 3 aromatic rings. The van der Waals surface area contributed by atoms with Gasteiger partial charge in [0.05, 0.1) is 16.9 Å². The Hall–Kier alpha value is -2.66. The van der Waals surface area contributed by atoms with Crippen molar-refractivity contribution in [1.82, 2.24) is 10.3 Å². The Morgan fingerprint density at radius 2 is 1.97 bits per heavy atom. The summed E-state index contributed by atoms with van der Waals surface area (Å²) in [6.07, 6.45) is -4.88. The summed E-state index contributed by atoms with van der Waals surface area (Å²) >= 11 is 7.13. The molecule has 1 amide bonds. The number of carbonyl (C=O) groups excluding carboxylic acids is 1. The highest BCUT2D eigenvalue weighted by atomic mass is 35.5. The summed E-state index contributed by atoms with van der Waals surface area (Å²) in [6, 6.07) is 11.4. The van der Waals surface area contributed by atoms with Crippen molar-refractivity contribution in [3.63, 3.8) is 0 Å². The monoisotopic (exact) mass is 499 g/mol. The molecule has 1 heterocycles. The number of hydrogen-bond acceptors (Lipinski definition) is 6. The van der Waals surface area contributed by atoms with E-state index in [-0.39, 0.29) is 24.0 Å². The minimum Gasteiger partial charge on any atom is -0.448 e. The van der Waals surface area contributed by atoms with E-state index in [0.29, 0.717) is 35.8 Å². The fourth-order valence-corrected chi connectivity index (χ4v) is 3.90. The number of anilines is 2. The third-order valence-electron chi connectivity index (χ3n) is 4.43. The zero-order valence-electron chi connectivity index (χ0n) is 17.3. The molecule has 0 spiro atoms. The molecule has 0 aliphatic heterocycles. The van der Waals surface area contributed by atoms with E-state index in [1.807, 2.05) is 0 Å². The van der Waals surface area contributed by atoms with E-state index in [1.165, 1.54) is 12.1 Å². The summed E-state index contributed by atoms with van der Waals surface area (Å²) in [4.78, 5) is 18.3. The van der Waals surface area contributed by atoms with Crippen LogP contribution in [0.4, 0.5) is 28.8 Å². The highest BCUT2D eigenvalue weighted by Crippen LogP contribution is 2.36. The first kappa shape index (κ1) is 25.0. The summed E-state index contributed by atoms with van der Waals surface area (Å²) in [7, 11) is 0. The minimum atomic E-state index is -4.57. The molecule has 33 heavy (non-hydrogen) atoms. The molecule has 0 atom stereocenters. The predicted molar refractivity (Wildman–Crippen MR) is 122 cm³/mol. The minimum absolute atomic E-state index is 0.00769. The number of aromatic nitrogens is 1. The van der Waals surface area contributed by atoms with Crippen molar-refractivity contribution in [3.8, 4) is 11.3 Å². The van der Waals surface area contributed by atoms with Crippen LogP contribution >= 0.6 is 22.9 Å². The second kappa shape index (κ2) is 11.5. The van der Waals surface area contributed by atoms with Gasteiger partial charge < -0.3 is 15.2 Å². The molecular formula is C22H21ClF3N3O3S. The van der Waals surface area contributed by atoms with Crippen LogP contribution in [-0.2, 0) is 10.9 Å². The quantitative estimate of drug-likeness (QED) is 0.368. The maximum Gasteiger partial charge on any atom is 0.420 e. The summed E-state index contributed by atoms with van der Waals surface area (Å²) in [6.45, 7) is 0.899. The van der Waals surface area contributed by atoms with Crippen LogP contribution in [0.2, 0.25) is 5.02 Å². The van der Waals surface area contributed by atoms with Gasteiger partial charge in [-0.3, -0.25) is 0 Å². The number of amides is 1. The van der Waals surface area contributed by atoms with Gasteiger partial charge in [0, 0.05) is 29.1 Å². The van der Waals surface area contributed by atoms with E-state index >= 15 is 0 Å². The van der Waals surface area contributed by atoms with Crippen molar-refractivity contribution < 1.29 is 27.8 Å². The van der Waals surface area contributed by atoms with Gasteiger partial charge in [0.2, 0.25) is 0 Å². The number of benzene rings is 2. The standard InChI is InChI=1S/C22H21ClF3N3O3S/c23-17-6-1-4-15(12-17)19-14-33-20(28-19)29(21(31)32-11-9-27-8-3-10-30)18-7-2-5-16(13-18)22(24,25)26/h1-2,4-7,12-14,27,30H,3,8-11H2. The Labute approximate surface area is 197 Å². The molecule has 0 aliphatic carbocycles. The van der Waals surface area contributed by atoms with Crippen LogP contribution < -0.4 is 10.2 Å². The molecule has 0 radical (unpaired) electrons. The van der Waals surface area contributed by atoms with E-state index in [0.717, 1.165) is 28.4 Å². The molecule has 0 unspecified atom stereocenters. The Kier molecular flexibility index (Phi) is 8.67. The molecule has 0 saturated carbocycles. The number of halogens is 4. The smallest absolute Gasteiger partial charge is 0.420 e. The Morgan fingerprint density at radius 1 is 1.18 bits per heavy atom. The second-order valence-electron chi connectivity index (χ2n) is 6.85. The Balaban J connectivity index is 1.87. The molecule has 2 aromatic carbocycles. The highest BCUT2D eigenvalue weighted by molar-refractivity contribution is 7.14. The van der Waals surface area contributed by atoms with E-state index < -0.39 is 17.8 Å². The molecule has 3 rings (SSSR count). The van der Waals surface area contributed by atoms with Gasteiger partial charge in [0.25, 0.3) is 0 Å². The molecule has 0 bridgehead atoms. The molecule has 2 N–H and O–H groups in total. The van der Waals surface area contributed by atoms with Gasteiger partial charge in [0.15, 0.2) is 5.13 Å². The lowest BCUT2D eigenvalue weighted by Gasteiger charge is -2.21. The SMILES string of the molecule is O=C(OCCNCCCO)N(c1cccc(C(F)(F)F)c1)c1nc(-c2cccc(Cl)c2)cs1. The molecule has 0 aliphatic rings. The van der Waals surface area contributed by atoms with E-state index in [4.69, 9.17) is 21.4 Å². The molecule has 11 heteroatoms. The third kappa shape index (κ3) is 6.91. The van der Waals surface area contributed by atoms with Gasteiger partial charge in [-0.25, -0.2) is 14.7 Å². The summed E-state index contributed by atoms with van der Waals surface area (Å²) in [5, 5.41) is 14.1. The molecule has 176 valence electrons. The van der Waals surface area contributed by atoms with Crippen LogP contribution in [0.25, 0.3) is 11.3 Å². The fourth-order valence-electron chi connectivity index (χ4n) is 2.87. The van der Waals surface area contributed by atoms with Crippen molar-refractivity contribution in [1.29, 1.82) is 0 Å². The zero-order valence-corrected chi connectivity index (χ0v) is 18.9. The van der Waals surface area contributed by atoms with Gasteiger partial charge in [0.1, 0.15) is 6.61 Å². The molecule has 0 saturated heterocycles. The first-order valence-electron chi connectivity index (χ1n) is 9.97. The van der Waals surface area contributed by atoms with Crippen LogP contribution in [-0.4, -0.2) is 42.5 Å². The first-order chi connectivity index (χ1) is 15.8. The predicted octanol–water partition coefficient (Wildman–Crippen LogP) is 5.73. The lowest BCUT2D eigenvalue weighted by Crippen LogP contribution is -2.30. The number of carbonyl (C=O) groups is 1. The van der Waals surface area contributed by atoms with E-state index in [1.54, 1.807) is 29.6 Å². The maximum absolute atomic E-state index is 13.3. The van der Waals surface area contributed by atoms with Gasteiger partial charge in [-0.05, 0) is 43.3 Å². The molecule has 0 fully saturated rings. The largest absolute Gasteiger partial charge is 0.448 e. The second-order valence-corrected chi connectivity index (χ2v) is 8.12. The average Bonchev–Trinajstić information content (AvgIpc) is 3.26. The number of nitrogens with one attached hydrogen (secondary N) is 1. The number of aliphatic hydroxyl groups excluding tert-OH is 1. The topological polar surface area (TPSA) is 74.7 Å². The summed E-state index contributed by atoms with van der Waals surface area (Å²) in [5.41, 5.74) is 0.313. The Bertz CT molecular complexity index is 1080. The van der Waals surface area contributed by atoms with Crippen molar-refractivity contribution in [2.45, 2.75) is 12.6 Å². The number of hydrogen-bond donors (Lipinski definition) is 2. The lowest BCUT2D eigenvalue weighted by molar-refractivity contribution is -0.137. The van der Waals surface area contributed by atoms with Crippen molar-refractivity contribution in [2.75, 3.05) is 31.2 Å². The van der Waals surface area contributed by atoms with Crippen LogP contribution in [0, 0.1) is 0 Å². The number of thiazole rings is 1. The number of nitrogens with zero attached hydrogens (tertiary/aromatic N) is 2. The molecule has 6 nitrogen and oxygen atoms in total. The number of ether oxygens (including phenoxy) is 1. The highest BCUT2D eigenvalue weighted by Gasteiger charge is 2.32. The van der Waals surface area contributed by atoms with E-state index in [9.17, 15) is 18.0 Å². The van der Waals surface area contributed by atoms with Gasteiger partial charge in [-0.2, -0.15) is 13.2 Å². The number of aliphatic hydroxyl groups is 1. The van der Waals surface area contributed by atoms with Crippen LogP contribution in [0.3, 0.4) is 0 Å². The number of alkyl halides is 3. The van der Waals surface area contributed by atoms with Crippen molar-refractivity contribution in [2.24, 2.45) is 0 Å². The van der Waals surface area contributed by atoms with Gasteiger partial charge >= 0.3 is 12.3 Å². The fraction of sp³-hybridized carbons (Fsp3) is 0.273. The molecule has 1 aromatic heterocycles. The van der Waals surface area contributed by atoms with Crippen molar-refractivity contribution in [3.05, 3.63) is 64.5 Å². The van der Waals surface area contributed by atoms with E-state index in [2.05, 4.69) is 10.3 Å².